The Kier molecular flexibility index (Phi) is 4.65. The Hall–Kier alpha value is -1.76. The highest BCUT2D eigenvalue weighted by Crippen LogP contribution is 2.25. The third-order valence-corrected chi connectivity index (χ3v) is 3.00. The first-order valence-corrected chi connectivity index (χ1v) is 6.16. The average Bonchev–Trinajstić information content (AvgIpc) is 3.15. The number of carbonyl (C=O) groups is 2. The van der Waals surface area contributed by atoms with Crippen molar-refractivity contribution in [2.24, 2.45) is 11.5 Å². The van der Waals surface area contributed by atoms with Crippen molar-refractivity contribution in [3.63, 3.8) is 0 Å². The summed E-state index contributed by atoms with van der Waals surface area (Å²) in [6.45, 7) is 1.69. The van der Waals surface area contributed by atoms with Gasteiger partial charge in [-0.05, 0) is 31.4 Å². The van der Waals surface area contributed by atoms with Crippen molar-refractivity contribution < 1.29 is 19.8 Å². The summed E-state index contributed by atoms with van der Waals surface area (Å²) in [6.07, 6.45) is 1.24. The zero-order valence-corrected chi connectivity index (χ0v) is 11.6. The topological polar surface area (TPSA) is 127 Å². The number of nitrogens with two attached hydrogens (primary N) is 2. The van der Waals surface area contributed by atoms with E-state index in [1.807, 2.05) is 0 Å². The van der Waals surface area contributed by atoms with Gasteiger partial charge in [-0.2, -0.15) is 0 Å². The number of Topliss-reactive ketones (excluding diaryl/α,β-unsaturated/α-hetero) is 1. The molecule has 1 aliphatic carbocycles. The second kappa shape index (κ2) is 5.70. The van der Waals surface area contributed by atoms with E-state index < -0.39 is 29.4 Å². The van der Waals surface area contributed by atoms with Crippen LogP contribution < -0.4 is 11.5 Å². The second-order valence-corrected chi connectivity index (χ2v) is 5.43. The summed E-state index contributed by atoms with van der Waals surface area (Å²) >= 11 is 0. The fourth-order valence-electron chi connectivity index (χ4n) is 1.65. The predicted octanol–water partition coefficient (Wildman–Crippen LogP) is -0.342. The van der Waals surface area contributed by atoms with Gasteiger partial charge in [-0.15, -0.1) is 0 Å². The van der Waals surface area contributed by atoms with E-state index in [0.29, 0.717) is 0 Å². The SMILES string of the molecule is CC(C)(N)C(=O)C(N)(CO)C(=O)O.c1ccc2c(c1)C2. The molecule has 20 heavy (non-hydrogen) atoms. The van der Waals surface area contributed by atoms with Crippen LogP contribution in [-0.4, -0.2) is 39.7 Å². The summed E-state index contributed by atoms with van der Waals surface area (Å²) in [5, 5.41) is 17.3. The fourth-order valence-corrected chi connectivity index (χ4v) is 1.65. The fraction of sp³-hybridized carbons (Fsp3) is 0.429. The molecule has 0 amide bonds. The molecule has 0 saturated carbocycles. The number of aliphatic hydroxyl groups excluding tert-OH is 1. The van der Waals surface area contributed by atoms with Gasteiger partial charge in [0, 0.05) is 0 Å². The molecule has 0 aliphatic heterocycles. The number of carboxylic acids is 1. The van der Waals surface area contributed by atoms with Gasteiger partial charge < -0.3 is 21.7 Å². The van der Waals surface area contributed by atoms with E-state index in [1.54, 1.807) is 0 Å². The van der Waals surface area contributed by atoms with Crippen molar-refractivity contribution in [1.82, 2.24) is 0 Å². The molecule has 1 unspecified atom stereocenters. The van der Waals surface area contributed by atoms with Crippen LogP contribution in [0.25, 0.3) is 0 Å². The smallest absolute Gasteiger partial charge is 0.333 e. The first-order valence-electron chi connectivity index (χ1n) is 6.16. The van der Waals surface area contributed by atoms with E-state index in [9.17, 15) is 9.59 Å². The average molecular weight is 280 g/mol. The molecule has 0 aromatic heterocycles. The lowest BCUT2D eigenvalue weighted by Gasteiger charge is -2.28. The summed E-state index contributed by atoms with van der Waals surface area (Å²) in [5.74, 6) is -2.49. The van der Waals surface area contributed by atoms with E-state index in [-0.39, 0.29) is 0 Å². The molecular weight excluding hydrogens is 260 g/mol. The molecule has 0 spiro atoms. The Bertz CT molecular complexity index is 501. The first kappa shape index (κ1) is 16.3. The molecule has 6 N–H and O–H groups in total. The molecule has 6 heteroatoms. The Morgan fingerprint density at radius 2 is 1.65 bits per heavy atom. The van der Waals surface area contributed by atoms with Gasteiger partial charge in [-0.3, -0.25) is 4.79 Å². The van der Waals surface area contributed by atoms with E-state index >= 15 is 0 Å². The molecule has 1 aromatic rings. The monoisotopic (exact) mass is 280 g/mol. The highest BCUT2D eigenvalue weighted by atomic mass is 16.4. The number of hydrogen-bond acceptors (Lipinski definition) is 5. The van der Waals surface area contributed by atoms with Crippen LogP contribution in [0.2, 0.25) is 0 Å². The van der Waals surface area contributed by atoms with Crippen LogP contribution in [0.1, 0.15) is 25.0 Å². The number of aliphatic hydroxyl groups is 1. The van der Waals surface area contributed by atoms with Crippen LogP contribution in [0.5, 0.6) is 0 Å². The first-order chi connectivity index (χ1) is 9.13. The maximum absolute atomic E-state index is 11.4. The van der Waals surface area contributed by atoms with Crippen molar-refractivity contribution in [1.29, 1.82) is 0 Å². The minimum absolute atomic E-state index is 0.907. The summed E-state index contributed by atoms with van der Waals surface area (Å²) in [5.41, 5.74) is 9.94. The van der Waals surface area contributed by atoms with Gasteiger partial charge >= 0.3 is 5.97 Å². The summed E-state index contributed by atoms with van der Waals surface area (Å²) in [4.78, 5) is 21.9. The number of ketones is 1. The van der Waals surface area contributed by atoms with E-state index in [2.05, 4.69) is 24.3 Å². The minimum atomic E-state index is -2.31. The van der Waals surface area contributed by atoms with Crippen molar-refractivity contribution in [2.75, 3.05) is 6.61 Å². The van der Waals surface area contributed by atoms with Gasteiger partial charge in [0.1, 0.15) is 0 Å². The van der Waals surface area contributed by atoms with Crippen LogP contribution in [0.15, 0.2) is 24.3 Å². The second-order valence-electron chi connectivity index (χ2n) is 5.43. The third kappa shape index (κ3) is 3.63. The molecular formula is C14H20N2O4. The van der Waals surface area contributed by atoms with Gasteiger partial charge in [0.15, 0.2) is 11.3 Å². The largest absolute Gasteiger partial charge is 0.479 e. The van der Waals surface area contributed by atoms with Crippen LogP contribution in [0.4, 0.5) is 0 Å². The van der Waals surface area contributed by atoms with Crippen LogP contribution >= 0.6 is 0 Å². The Labute approximate surface area is 117 Å². The quantitative estimate of drug-likeness (QED) is 0.567. The number of carboxylic acid groups (broad SMARTS) is 1. The number of hydrogen-bond donors (Lipinski definition) is 4. The molecule has 0 fully saturated rings. The maximum atomic E-state index is 11.4. The van der Waals surface area contributed by atoms with Crippen molar-refractivity contribution in [3.05, 3.63) is 35.4 Å². The Morgan fingerprint density at radius 3 is 1.85 bits per heavy atom. The van der Waals surface area contributed by atoms with E-state index in [0.717, 1.165) is 0 Å². The third-order valence-electron chi connectivity index (χ3n) is 3.00. The molecule has 6 nitrogen and oxygen atoms in total. The van der Waals surface area contributed by atoms with Crippen molar-refractivity contribution in [2.45, 2.75) is 31.3 Å². The maximum Gasteiger partial charge on any atom is 0.333 e. The molecule has 1 atom stereocenters. The number of fused-ring (bicyclic) bond motifs is 1. The summed E-state index contributed by atoms with van der Waals surface area (Å²) < 4.78 is 0. The molecule has 0 bridgehead atoms. The molecule has 1 aliphatic rings. The minimum Gasteiger partial charge on any atom is -0.479 e. The Morgan fingerprint density at radius 1 is 1.20 bits per heavy atom. The highest BCUT2D eigenvalue weighted by molar-refractivity contribution is 6.11. The number of rotatable bonds is 4. The molecule has 0 heterocycles. The Balaban J connectivity index is 0.000000233. The standard InChI is InChI=1S/C7H14N2O4.C7H6/c1-6(2,8)4(11)7(9,3-10)5(12)13;1-2-4-7-5-6(7)3-1/h10H,3,8-9H2,1-2H3,(H,12,13);1-4H,5H2. The van der Waals surface area contributed by atoms with Crippen molar-refractivity contribution in [3.8, 4) is 0 Å². The van der Waals surface area contributed by atoms with E-state index in [1.165, 1.54) is 31.4 Å². The number of carbonyl (C=O) groups excluding carboxylic acids is 1. The van der Waals surface area contributed by atoms with Gasteiger partial charge in [0.2, 0.25) is 0 Å². The zero-order valence-electron chi connectivity index (χ0n) is 11.6. The normalized spacial score (nSPS) is 15.2. The van der Waals surface area contributed by atoms with Gasteiger partial charge in [0.05, 0.1) is 12.1 Å². The number of benzene rings is 1. The highest BCUT2D eigenvalue weighted by Gasteiger charge is 2.47. The zero-order chi connectivity index (χ0) is 15.6. The van der Waals surface area contributed by atoms with E-state index in [4.69, 9.17) is 21.7 Å². The van der Waals surface area contributed by atoms with Crippen LogP contribution in [0, 0.1) is 0 Å². The molecule has 1 aromatic carbocycles. The number of aliphatic carboxylic acids is 1. The molecule has 0 saturated heterocycles. The lowest BCUT2D eigenvalue weighted by Crippen LogP contribution is -2.65. The van der Waals surface area contributed by atoms with Gasteiger partial charge in [-0.25, -0.2) is 4.79 Å². The molecule has 2 rings (SSSR count). The van der Waals surface area contributed by atoms with Gasteiger partial charge in [0.25, 0.3) is 0 Å². The lowest BCUT2D eigenvalue weighted by atomic mass is 9.84. The van der Waals surface area contributed by atoms with Crippen LogP contribution in [-0.2, 0) is 16.0 Å². The molecule has 0 radical (unpaired) electrons. The molecule has 110 valence electrons. The van der Waals surface area contributed by atoms with Gasteiger partial charge in [-0.1, -0.05) is 24.3 Å². The lowest BCUT2D eigenvalue weighted by molar-refractivity contribution is -0.151. The summed E-state index contributed by atoms with van der Waals surface area (Å²) in [7, 11) is 0. The predicted molar refractivity (Wildman–Crippen MR) is 74.2 cm³/mol. The van der Waals surface area contributed by atoms with Crippen molar-refractivity contribution >= 4 is 11.8 Å². The summed E-state index contributed by atoms with van der Waals surface area (Å²) in [6, 6.07) is 8.53. The van der Waals surface area contributed by atoms with Crippen LogP contribution in [0.3, 0.4) is 0 Å².